The number of amides is 2. The van der Waals surface area contributed by atoms with E-state index in [1.165, 1.54) is 14.0 Å². The van der Waals surface area contributed by atoms with Crippen LogP contribution in [0.3, 0.4) is 0 Å². The first-order valence-corrected chi connectivity index (χ1v) is 7.67. The van der Waals surface area contributed by atoms with E-state index in [1.54, 1.807) is 25.1 Å². The van der Waals surface area contributed by atoms with Gasteiger partial charge in [0.15, 0.2) is 17.3 Å². The number of ketones is 1. The Hall–Kier alpha value is -2.47. The van der Waals surface area contributed by atoms with Crippen molar-refractivity contribution in [1.29, 1.82) is 0 Å². The molecule has 2 N–H and O–H groups in total. The van der Waals surface area contributed by atoms with E-state index in [0.717, 1.165) is 0 Å². The Morgan fingerprint density at radius 3 is 2.71 bits per heavy atom. The molecule has 0 aromatic heterocycles. The lowest BCUT2D eigenvalue weighted by molar-refractivity contribution is -0.114. The second kappa shape index (κ2) is 7.40. The molecular weight excluding hydrogens is 332 g/mol. The van der Waals surface area contributed by atoms with E-state index in [4.69, 9.17) is 21.1 Å². The van der Waals surface area contributed by atoms with Gasteiger partial charge >= 0.3 is 6.03 Å². The van der Waals surface area contributed by atoms with Gasteiger partial charge in [0.05, 0.1) is 18.2 Å². The summed E-state index contributed by atoms with van der Waals surface area (Å²) in [6, 6.07) is 2.20. The van der Waals surface area contributed by atoms with Crippen LogP contribution in [0.5, 0.6) is 11.5 Å². The molecule has 1 aromatic carbocycles. The number of methoxy groups -OCH3 is 1. The van der Waals surface area contributed by atoms with Gasteiger partial charge < -0.3 is 20.1 Å². The van der Waals surface area contributed by atoms with Crippen molar-refractivity contribution < 1.29 is 19.1 Å². The van der Waals surface area contributed by atoms with Crippen LogP contribution < -0.4 is 20.1 Å². The molecule has 0 fully saturated rings. The van der Waals surface area contributed by atoms with Crippen LogP contribution in [0.15, 0.2) is 36.1 Å². The van der Waals surface area contributed by atoms with Gasteiger partial charge in [-0.1, -0.05) is 24.3 Å². The van der Waals surface area contributed by atoms with Crippen molar-refractivity contribution in [2.45, 2.75) is 19.9 Å². The maximum atomic E-state index is 12.0. The summed E-state index contributed by atoms with van der Waals surface area (Å²) >= 11 is 6.37. The average molecular weight is 351 g/mol. The van der Waals surface area contributed by atoms with Gasteiger partial charge in [0, 0.05) is 22.9 Å². The summed E-state index contributed by atoms with van der Waals surface area (Å²) in [6.45, 7) is 7.01. The van der Waals surface area contributed by atoms with E-state index < -0.39 is 12.1 Å². The normalized spacial score (nSPS) is 17.0. The highest BCUT2D eigenvalue weighted by Gasteiger charge is 2.31. The molecule has 1 aliphatic heterocycles. The Morgan fingerprint density at radius 1 is 1.42 bits per heavy atom. The minimum atomic E-state index is -0.661. The van der Waals surface area contributed by atoms with E-state index in [2.05, 4.69) is 17.2 Å². The fraction of sp³-hybridized carbons (Fsp3) is 0.294. The van der Waals surface area contributed by atoms with Gasteiger partial charge in [0.1, 0.15) is 6.61 Å². The van der Waals surface area contributed by atoms with E-state index in [-0.39, 0.29) is 5.78 Å². The second-order valence-electron chi connectivity index (χ2n) is 5.25. The van der Waals surface area contributed by atoms with Crippen molar-refractivity contribution in [3.63, 3.8) is 0 Å². The van der Waals surface area contributed by atoms with Gasteiger partial charge in [-0.2, -0.15) is 0 Å². The largest absolute Gasteiger partial charge is 0.493 e. The van der Waals surface area contributed by atoms with Gasteiger partial charge in [0.2, 0.25) is 0 Å². The third-order valence-electron chi connectivity index (χ3n) is 3.60. The molecule has 0 spiro atoms. The first-order chi connectivity index (χ1) is 11.4. The number of ether oxygens (including phenoxy) is 2. The van der Waals surface area contributed by atoms with Crippen molar-refractivity contribution in [2.75, 3.05) is 13.7 Å². The smallest absolute Gasteiger partial charge is 0.319 e. The molecule has 24 heavy (non-hydrogen) atoms. The average Bonchev–Trinajstić information content (AvgIpc) is 2.51. The van der Waals surface area contributed by atoms with Crippen molar-refractivity contribution >= 4 is 23.4 Å². The van der Waals surface area contributed by atoms with Crippen molar-refractivity contribution in [1.82, 2.24) is 10.6 Å². The Labute approximate surface area is 145 Å². The fourth-order valence-corrected chi connectivity index (χ4v) is 2.85. The Kier molecular flexibility index (Phi) is 5.51. The molecule has 1 aliphatic rings. The number of urea groups is 1. The summed E-state index contributed by atoms with van der Waals surface area (Å²) in [7, 11) is 1.50. The topological polar surface area (TPSA) is 76.7 Å². The molecule has 7 heteroatoms. The van der Waals surface area contributed by atoms with Crippen LogP contribution in [-0.2, 0) is 4.79 Å². The molecule has 0 saturated carbocycles. The van der Waals surface area contributed by atoms with E-state index >= 15 is 0 Å². The van der Waals surface area contributed by atoms with Gasteiger partial charge in [-0.3, -0.25) is 4.79 Å². The maximum absolute atomic E-state index is 12.0. The predicted octanol–water partition coefficient (Wildman–Crippen LogP) is 3.13. The number of carbonyl (C=O) groups excluding carboxylic acids is 2. The molecule has 0 radical (unpaired) electrons. The van der Waals surface area contributed by atoms with Crippen LogP contribution in [0.25, 0.3) is 0 Å². The van der Waals surface area contributed by atoms with Crippen LogP contribution in [0.1, 0.15) is 25.5 Å². The lowest BCUT2D eigenvalue weighted by atomic mass is 9.92. The lowest BCUT2D eigenvalue weighted by Crippen LogP contribution is -2.44. The number of halogens is 1. The molecule has 0 saturated heterocycles. The van der Waals surface area contributed by atoms with Crippen LogP contribution in [0, 0.1) is 0 Å². The fourth-order valence-electron chi connectivity index (χ4n) is 2.59. The summed E-state index contributed by atoms with van der Waals surface area (Å²) < 4.78 is 10.8. The molecule has 1 heterocycles. The third kappa shape index (κ3) is 3.54. The standard InChI is InChI=1S/C17H19ClN2O4/c1-5-6-24-14-8-12(18)11(7-13(14)23-4)16-15(10(3)21)9(2)19-17(22)20-16/h5,7-8,16H,1,6H2,2-4H3,(H2,19,20,22). The number of benzene rings is 1. The number of nitrogens with one attached hydrogen (secondary N) is 2. The Morgan fingerprint density at radius 2 is 2.12 bits per heavy atom. The second-order valence-corrected chi connectivity index (χ2v) is 5.66. The lowest BCUT2D eigenvalue weighted by Gasteiger charge is -2.29. The van der Waals surface area contributed by atoms with Crippen molar-refractivity contribution in [3.05, 3.63) is 46.6 Å². The number of Topliss-reactive ketones (excluding diaryl/α,β-unsaturated/α-hetero) is 1. The zero-order valence-electron chi connectivity index (χ0n) is 13.7. The summed E-state index contributed by atoms with van der Waals surface area (Å²) in [6.07, 6.45) is 1.61. The molecule has 2 rings (SSSR count). The number of rotatable bonds is 6. The van der Waals surface area contributed by atoms with Gasteiger partial charge in [-0.25, -0.2) is 4.79 Å². The van der Waals surface area contributed by atoms with E-state index in [0.29, 0.717) is 40.0 Å². The van der Waals surface area contributed by atoms with E-state index in [9.17, 15) is 9.59 Å². The summed E-state index contributed by atoms with van der Waals surface area (Å²) in [5.41, 5.74) is 1.50. The van der Waals surface area contributed by atoms with Crippen molar-refractivity contribution in [3.8, 4) is 11.5 Å². The molecule has 128 valence electrons. The molecular formula is C17H19ClN2O4. The number of allylic oxidation sites excluding steroid dienone is 1. The molecule has 0 aliphatic carbocycles. The predicted molar refractivity (Wildman–Crippen MR) is 91.5 cm³/mol. The van der Waals surface area contributed by atoms with Crippen LogP contribution in [-0.4, -0.2) is 25.5 Å². The highest BCUT2D eigenvalue weighted by atomic mass is 35.5. The molecule has 6 nitrogen and oxygen atoms in total. The third-order valence-corrected chi connectivity index (χ3v) is 3.93. The van der Waals surface area contributed by atoms with Gasteiger partial charge in [-0.15, -0.1) is 0 Å². The Balaban J connectivity index is 2.54. The van der Waals surface area contributed by atoms with Gasteiger partial charge in [-0.05, 0) is 19.9 Å². The molecule has 0 bridgehead atoms. The molecule has 1 unspecified atom stereocenters. The quantitative estimate of drug-likeness (QED) is 0.773. The zero-order chi connectivity index (χ0) is 17.9. The summed E-state index contributed by atoms with van der Waals surface area (Å²) in [5, 5.41) is 5.68. The SMILES string of the molecule is C=CCOc1cc(Cl)c(C2NC(=O)NC(C)=C2C(C)=O)cc1OC. The number of hydrogen-bond acceptors (Lipinski definition) is 4. The number of carbonyl (C=O) groups is 2. The van der Waals surface area contributed by atoms with Crippen LogP contribution in [0.4, 0.5) is 4.79 Å². The van der Waals surface area contributed by atoms with Gasteiger partial charge in [0.25, 0.3) is 0 Å². The van der Waals surface area contributed by atoms with Crippen molar-refractivity contribution in [2.24, 2.45) is 0 Å². The summed E-state index contributed by atoms with van der Waals surface area (Å²) in [4.78, 5) is 23.8. The maximum Gasteiger partial charge on any atom is 0.319 e. The minimum absolute atomic E-state index is 0.160. The molecule has 2 amide bonds. The minimum Gasteiger partial charge on any atom is -0.493 e. The first-order valence-electron chi connectivity index (χ1n) is 7.29. The highest BCUT2D eigenvalue weighted by Crippen LogP contribution is 2.39. The summed E-state index contributed by atoms with van der Waals surface area (Å²) in [5.74, 6) is 0.744. The molecule has 1 atom stereocenters. The highest BCUT2D eigenvalue weighted by molar-refractivity contribution is 6.31. The first kappa shape index (κ1) is 17.9. The van der Waals surface area contributed by atoms with Crippen LogP contribution in [0.2, 0.25) is 5.02 Å². The van der Waals surface area contributed by atoms with E-state index in [1.807, 2.05) is 0 Å². The Bertz CT molecular complexity index is 728. The zero-order valence-corrected chi connectivity index (χ0v) is 14.5. The number of hydrogen-bond donors (Lipinski definition) is 2. The monoisotopic (exact) mass is 350 g/mol. The van der Waals surface area contributed by atoms with Crippen LogP contribution >= 0.6 is 11.6 Å². The molecule has 1 aromatic rings.